The molecule has 1 rings (SSSR count). The zero-order valence-electron chi connectivity index (χ0n) is 11.4. The van der Waals surface area contributed by atoms with Crippen molar-refractivity contribution in [2.75, 3.05) is 19.4 Å². The van der Waals surface area contributed by atoms with Gasteiger partial charge in [-0.05, 0) is 12.8 Å². The predicted octanol–water partition coefficient (Wildman–Crippen LogP) is -0.345. The summed E-state index contributed by atoms with van der Waals surface area (Å²) in [6.07, 6.45) is 1.36. The number of nitrogens with zero attached hydrogens (tertiary/aromatic N) is 2. The van der Waals surface area contributed by atoms with Gasteiger partial charge in [-0.2, -0.15) is 8.42 Å². The van der Waals surface area contributed by atoms with Gasteiger partial charge in [-0.25, -0.2) is 16.9 Å². The van der Waals surface area contributed by atoms with Crippen LogP contribution in [0.4, 0.5) is 0 Å². The quantitative estimate of drug-likeness (QED) is 0.374. The molecule has 0 aromatic carbocycles. The summed E-state index contributed by atoms with van der Waals surface area (Å²) in [5.41, 5.74) is 0. The first-order valence-electron chi connectivity index (χ1n) is 6.24. The first-order valence-corrected chi connectivity index (χ1v) is 9.21. The maximum atomic E-state index is 12.0. The molecule has 0 spiro atoms. The Morgan fingerprint density at radius 2 is 1.76 bits per heavy atom. The van der Waals surface area contributed by atoms with Crippen LogP contribution in [0.15, 0.2) is 0 Å². The predicted molar refractivity (Wildman–Crippen MR) is 72.1 cm³/mol. The highest BCUT2D eigenvalue weighted by atomic mass is 32.3. The summed E-state index contributed by atoms with van der Waals surface area (Å²) in [5, 5.41) is 10.6. The summed E-state index contributed by atoms with van der Waals surface area (Å²) >= 11 is 0. The third-order valence-electron chi connectivity index (χ3n) is 3.49. The van der Waals surface area contributed by atoms with Crippen LogP contribution >= 0.6 is 0 Å². The fraction of sp³-hybridized carbons (Fsp3) is 1.00. The Labute approximate surface area is 123 Å². The molecule has 0 atom stereocenters. The Morgan fingerprint density at radius 3 is 2.19 bits per heavy atom. The minimum Gasteiger partial charge on any atom is -0.264 e. The second-order valence-electron chi connectivity index (χ2n) is 4.83. The third-order valence-corrected chi connectivity index (χ3v) is 5.81. The van der Waals surface area contributed by atoms with Gasteiger partial charge in [0.05, 0.1) is 12.4 Å². The molecule has 0 bridgehead atoms. The van der Waals surface area contributed by atoms with E-state index in [1.165, 1.54) is 7.05 Å². The van der Waals surface area contributed by atoms with Crippen LogP contribution in [0.25, 0.3) is 0 Å². The Bertz CT molecular complexity index is 565. The smallest absolute Gasteiger partial charge is 0.264 e. The third kappa shape index (κ3) is 5.82. The lowest BCUT2D eigenvalue weighted by molar-refractivity contribution is -0.526. The Balaban J connectivity index is 2.54. The summed E-state index contributed by atoms with van der Waals surface area (Å²) < 4.78 is 58.1. The molecule has 1 aliphatic carbocycles. The minimum absolute atomic E-state index is 0.305. The highest BCUT2D eigenvalue weighted by Crippen LogP contribution is 2.25. The van der Waals surface area contributed by atoms with E-state index in [1.54, 1.807) is 0 Å². The van der Waals surface area contributed by atoms with Gasteiger partial charge in [-0.3, -0.25) is 14.7 Å². The lowest BCUT2D eigenvalue weighted by Gasteiger charge is -2.31. The van der Waals surface area contributed by atoms with E-state index < -0.39 is 38.8 Å². The average Bonchev–Trinajstić information content (AvgIpc) is 2.36. The molecule has 124 valence electrons. The zero-order chi connectivity index (χ0) is 16.3. The molecule has 0 amide bonds. The molecule has 0 aromatic heterocycles. The van der Waals surface area contributed by atoms with Gasteiger partial charge in [0, 0.05) is 30.9 Å². The van der Waals surface area contributed by atoms with Gasteiger partial charge in [0.25, 0.3) is 0 Å². The summed E-state index contributed by atoms with van der Waals surface area (Å²) in [6.45, 7) is -0.685. The van der Waals surface area contributed by atoms with E-state index >= 15 is 0 Å². The fourth-order valence-corrected chi connectivity index (χ4v) is 3.89. The van der Waals surface area contributed by atoms with Crippen LogP contribution in [-0.2, 0) is 24.6 Å². The molecule has 10 nitrogen and oxygen atoms in total. The number of rotatable bonds is 7. The normalized spacial score (nSPS) is 24.1. The molecule has 0 aromatic rings. The van der Waals surface area contributed by atoms with Crippen LogP contribution < -0.4 is 0 Å². The van der Waals surface area contributed by atoms with Gasteiger partial charge in [0.2, 0.25) is 16.1 Å². The van der Waals surface area contributed by atoms with Gasteiger partial charge in [0.15, 0.2) is 0 Å². The van der Waals surface area contributed by atoms with Crippen molar-refractivity contribution in [2.45, 2.75) is 37.8 Å². The molecule has 1 aliphatic rings. The summed E-state index contributed by atoms with van der Waals surface area (Å²) in [6, 6.07) is -0.989. The monoisotopic (exact) mass is 346 g/mol. The molecule has 0 radical (unpaired) electrons. The van der Waals surface area contributed by atoms with E-state index in [0.29, 0.717) is 25.7 Å². The van der Waals surface area contributed by atoms with Crippen LogP contribution in [0.1, 0.15) is 25.7 Å². The average molecular weight is 346 g/mol. The molecule has 1 fully saturated rings. The Hall–Kier alpha value is -0.820. The fourth-order valence-electron chi connectivity index (χ4n) is 2.25. The first kappa shape index (κ1) is 18.2. The molecule has 21 heavy (non-hydrogen) atoms. The SMILES string of the molecule is CN(C1CCC([N+](=O)[O-])CC1)S(=O)(=O)CCOS(=O)(=O)O. The largest absolute Gasteiger partial charge is 0.397 e. The van der Waals surface area contributed by atoms with Crippen molar-refractivity contribution in [3.05, 3.63) is 10.1 Å². The zero-order valence-corrected chi connectivity index (χ0v) is 13.0. The van der Waals surface area contributed by atoms with Gasteiger partial charge in [-0.1, -0.05) is 0 Å². The van der Waals surface area contributed by atoms with Crippen molar-refractivity contribution in [1.82, 2.24) is 4.31 Å². The van der Waals surface area contributed by atoms with Gasteiger partial charge < -0.3 is 0 Å². The molecule has 12 heteroatoms. The van der Waals surface area contributed by atoms with Crippen LogP contribution in [0.3, 0.4) is 0 Å². The lowest BCUT2D eigenvalue weighted by Crippen LogP contribution is -2.43. The number of nitro groups is 1. The second kappa shape index (κ2) is 6.96. The van der Waals surface area contributed by atoms with E-state index in [-0.39, 0.29) is 11.0 Å². The van der Waals surface area contributed by atoms with Gasteiger partial charge >= 0.3 is 10.4 Å². The van der Waals surface area contributed by atoms with E-state index in [2.05, 4.69) is 4.18 Å². The van der Waals surface area contributed by atoms with Crippen LogP contribution in [0.2, 0.25) is 0 Å². The highest BCUT2D eigenvalue weighted by molar-refractivity contribution is 7.89. The maximum absolute atomic E-state index is 12.0. The van der Waals surface area contributed by atoms with Crippen LogP contribution in [-0.4, -0.2) is 62.1 Å². The molecule has 0 aliphatic heterocycles. The van der Waals surface area contributed by atoms with Gasteiger partial charge in [0.1, 0.15) is 0 Å². The Morgan fingerprint density at radius 1 is 1.24 bits per heavy atom. The molecule has 1 N–H and O–H groups in total. The molecular formula is C9H18N2O8S2. The van der Waals surface area contributed by atoms with Crippen LogP contribution in [0, 0.1) is 10.1 Å². The minimum atomic E-state index is -4.67. The number of sulfonamides is 1. The van der Waals surface area contributed by atoms with Crippen molar-refractivity contribution < 1.29 is 30.5 Å². The summed E-state index contributed by atoms with van der Waals surface area (Å²) in [5.74, 6) is -0.599. The summed E-state index contributed by atoms with van der Waals surface area (Å²) in [4.78, 5) is 10.3. The molecule has 0 heterocycles. The number of hydrogen-bond donors (Lipinski definition) is 1. The van der Waals surface area contributed by atoms with Crippen LogP contribution in [0.5, 0.6) is 0 Å². The Kier molecular flexibility index (Phi) is 6.04. The topological polar surface area (TPSA) is 144 Å². The van der Waals surface area contributed by atoms with E-state index in [0.717, 1.165) is 4.31 Å². The molecular weight excluding hydrogens is 328 g/mol. The summed E-state index contributed by atoms with van der Waals surface area (Å²) in [7, 11) is -7.08. The first-order chi connectivity index (χ1) is 9.53. The lowest BCUT2D eigenvalue weighted by atomic mass is 9.92. The number of hydrogen-bond acceptors (Lipinski definition) is 7. The maximum Gasteiger partial charge on any atom is 0.397 e. The van der Waals surface area contributed by atoms with E-state index in [1.807, 2.05) is 0 Å². The molecule has 0 saturated heterocycles. The van der Waals surface area contributed by atoms with E-state index in [9.17, 15) is 26.9 Å². The van der Waals surface area contributed by atoms with E-state index in [4.69, 9.17) is 4.55 Å². The highest BCUT2D eigenvalue weighted by Gasteiger charge is 2.34. The van der Waals surface area contributed by atoms with Crippen molar-refractivity contribution in [3.63, 3.8) is 0 Å². The second-order valence-corrected chi connectivity index (χ2v) is 8.07. The van der Waals surface area contributed by atoms with Crippen molar-refractivity contribution in [1.29, 1.82) is 0 Å². The van der Waals surface area contributed by atoms with Crippen molar-refractivity contribution in [2.24, 2.45) is 0 Å². The van der Waals surface area contributed by atoms with Crippen molar-refractivity contribution in [3.8, 4) is 0 Å². The van der Waals surface area contributed by atoms with Crippen molar-refractivity contribution >= 4 is 20.4 Å². The standard InChI is InChI=1S/C9H18N2O8S2/c1-10(8-2-4-9(5-3-8)11(12)13)20(14,15)7-6-19-21(16,17)18/h8-9H,2-7H2,1H3,(H,16,17,18). The molecule has 1 saturated carbocycles. The van der Waals surface area contributed by atoms with Gasteiger partial charge in [-0.15, -0.1) is 0 Å². The molecule has 0 unspecified atom stereocenters.